The lowest BCUT2D eigenvalue weighted by molar-refractivity contribution is 1.07. The van der Waals surface area contributed by atoms with Crippen LogP contribution in [0.3, 0.4) is 0 Å². The largest absolute Gasteiger partial charge is 0.338 e. The number of hydrogen-bond acceptors (Lipinski definition) is 3. The van der Waals surface area contributed by atoms with Gasteiger partial charge in [-0.25, -0.2) is 4.98 Å². The molecule has 88 valence electrons. The molecule has 0 saturated heterocycles. The van der Waals surface area contributed by atoms with E-state index < -0.39 is 0 Å². The fourth-order valence-electron chi connectivity index (χ4n) is 1.62. The van der Waals surface area contributed by atoms with Crippen LogP contribution in [0.1, 0.15) is 23.6 Å². The molecule has 0 aliphatic rings. The number of halogens is 1. The molecule has 17 heavy (non-hydrogen) atoms. The van der Waals surface area contributed by atoms with E-state index in [0.29, 0.717) is 0 Å². The third-order valence-electron chi connectivity index (χ3n) is 2.52. The Morgan fingerprint density at radius 3 is 2.59 bits per heavy atom. The summed E-state index contributed by atoms with van der Waals surface area (Å²) < 4.78 is 0. The van der Waals surface area contributed by atoms with Crippen molar-refractivity contribution in [1.82, 2.24) is 9.97 Å². The summed E-state index contributed by atoms with van der Waals surface area (Å²) >= 11 is 6.14. The Hall–Kier alpha value is -1.61. The van der Waals surface area contributed by atoms with E-state index in [1.54, 1.807) is 12.4 Å². The minimum Gasteiger partial charge on any atom is -0.338 e. The van der Waals surface area contributed by atoms with E-state index >= 15 is 0 Å². The summed E-state index contributed by atoms with van der Waals surface area (Å²) in [6.45, 7) is 3.87. The third kappa shape index (κ3) is 2.74. The number of benzene rings is 1. The average Bonchev–Trinajstić information content (AvgIpc) is 2.32. The maximum Gasteiger partial charge on any atom is 0.151 e. The predicted octanol–water partition coefficient (Wildman–Crippen LogP) is 3.83. The first-order chi connectivity index (χ1) is 8.18. The van der Waals surface area contributed by atoms with Gasteiger partial charge in [-0.05, 0) is 25.5 Å². The highest BCUT2D eigenvalue weighted by Crippen LogP contribution is 2.29. The Balaban J connectivity index is 2.34. The molecule has 1 atom stereocenters. The first-order valence-electron chi connectivity index (χ1n) is 5.46. The van der Waals surface area contributed by atoms with Crippen LogP contribution in [0.25, 0.3) is 0 Å². The standard InChI is InChI=1S/C13H14ClN3/c1-9(14)11-5-3-4-6-12(11)17-13-10(2)15-7-8-16-13/h3-9H,1-2H3,(H,16,17). The topological polar surface area (TPSA) is 37.8 Å². The van der Waals surface area contributed by atoms with Gasteiger partial charge in [0.05, 0.1) is 11.1 Å². The lowest BCUT2D eigenvalue weighted by Gasteiger charge is -2.13. The van der Waals surface area contributed by atoms with Crippen LogP contribution in [0.4, 0.5) is 11.5 Å². The zero-order chi connectivity index (χ0) is 12.3. The van der Waals surface area contributed by atoms with Gasteiger partial charge in [0.25, 0.3) is 0 Å². The lowest BCUT2D eigenvalue weighted by atomic mass is 10.1. The van der Waals surface area contributed by atoms with Crippen molar-refractivity contribution >= 4 is 23.1 Å². The highest BCUT2D eigenvalue weighted by atomic mass is 35.5. The molecule has 2 aromatic rings. The van der Waals surface area contributed by atoms with E-state index in [9.17, 15) is 0 Å². The van der Waals surface area contributed by atoms with Crippen LogP contribution < -0.4 is 5.32 Å². The summed E-state index contributed by atoms with van der Waals surface area (Å²) in [6, 6.07) is 7.94. The van der Waals surface area contributed by atoms with Crippen molar-refractivity contribution in [3.05, 3.63) is 47.9 Å². The molecule has 0 saturated carbocycles. The molecular weight excluding hydrogens is 234 g/mol. The second kappa shape index (κ2) is 5.15. The van der Waals surface area contributed by atoms with Crippen LogP contribution in [0.2, 0.25) is 0 Å². The quantitative estimate of drug-likeness (QED) is 0.838. The molecule has 1 aromatic heterocycles. The fourth-order valence-corrected chi connectivity index (χ4v) is 1.81. The molecule has 0 spiro atoms. The van der Waals surface area contributed by atoms with Gasteiger partial charge >= 0.3 is 0 Å². The van der Waals surface area contributed by atoms with Crippen LogP contribution in [0, 0.1) is 6.92 Å². The Kier molecular flexibility index (Phi) is 3.59. The summed E-state index contributed by atoms with van der Waals surface area (Å²) in [5.41, 5.74) is 2.89. The van der Waals surface area contributed by atoms with Crippen molar-refractivity contribution in [2.24, 2.45) is 0 Å². The molecule has 0 aliphatic carbocycles. The van der Waals surface area contributed by atoms with E-state index in [0.717, 1.165) is 22.8 Å². The summed E-state index contributed by atoms with van der Waals surface area (Å²) in [4.78, 5) is 8.45. The Morgan fingerprint density at radius 1 is 1.18 bits per heavy atom. The van der Waals surface area contributed by atoms with E-state index in [4.69, 9.17) is 11.6 Å². The number of para-hydroxylation sites is 1. The number of hydrogen-bond donors (Lipinski definition) is 1. The molecule has 0 amide bonds. The smallest absolute Gasteiger partial charge is 0.151 e. The summed E-state index contributed by atoms with van der Waals surface area (Å²) in [5.74, 6) is 0.761. The maximum absolute atomic E-state index is 6.14. The average molecular weight is 248 g/mol. The fraction of sp³-hybridized carbons (Fsp3) is 0.231. The normalized spacial score (nSPS) is 12.2. The molecule has 0 bridgehead atoms. The zero-order valence-corrected chi connectivity index (χ0v) is 10.6. The number of nitrogens with zero attached hydrogens (tertiary/aromatic N) is 2. The van der Waals surface area contributed by atoms with Gasteiger partial charge < -0.3 is 5.32 Å². The minimum absolute atomic E-state index is 0.0457. The minimum atomic E-state index is -0.0457. The third-order valence-corrected chi connectivity index (χ3v) is 2.76. The first-order valence-corrected chi connectivity index (χ1v) is 5.89. The second-order valence-electron chi connectivity index (χ2n) is 3.82. The molecule has 1 aromatic carbocycles. The number of rotatable bonds is 3. The summed E-state index contributed by atoms with van der Waals surface area (Å²) in [6.07, 6.45) is 3.35. The number of aryl methyl sites for hydroxylation is 1. The van der Waals surface area contributed by atoms with Crippen LogP contribution in [-0.2, 0) is 0 Å². The van der Waals surface area contributed by atoms with E-state index in [2.05, 4.69) is 15.3 Å². The second-order valence-corrected chi connectivity index (χ2v) is 4.47. The zero-order valence-electron chi connectivity index (χ0n) is 9.81. The van der Waals surface area contributed by atoms with E-state index in [1.807, 2.05) is 38.1 Å². The monoisotopic (exact) mass is 247 g/mol. The van der Waals surface area contributed by atoms with Gasteiger partial charge in [-0.2, -0.15) is 0 Å². The summed E-state index contributed by atoms with van der Waals surface area (Å²) in [7, 11) is 0. The van der Waals surface area contributed by atoms with Gasteiger partial charge in [-0.3, -0.25) is 4.98 Å². The molecule has 0 aliphatic heterocycles. The molecule has 1 N–H and O–H groups in total. The molecule has 4 heteroatoms. The van der Waals surface area contributed by atoms with Gasteiger partial charge in [0.1, 0.15) is 0 Å². The molecule has 1 unspecified atom stereocenters. The molecule has 2 rings (SSSR count). The molecule has 0 fully saturated rings. The van der Waals surface area contributed by atoms with Gasteiger partial charge in [0, 0.05) is 18.1 Å². The van der Waals surface area contributed by atoms with Crippen molar-refractivity contribution in [1.29, 1.82) is 0 Å². The van der Waals surface area contributed by atoms with Gasteiger partial charge in [-0.15, -0.1) is 11.6 Å². The van der Waals surface area contributed by atoms with Crippen LogP contribution >= 0.6 is 11.6 Å². The highest BCUT2D eigenvalue weighted by molar-refractivity contribution is 6.21. The number of aromatic nitrogens is 2. The van der Waals surface area contributed by atoms with Crippen LogP contribution in [0.15, 0.2) is 36.7 Å². The Morgan fingerprint density at radius 2 is 1.88 bits per heavy atom. The molecular formula is C13H14ClN3. The van der Waals surface area contributed by atoms with Gasteiger partial charge in [0.2, 0.25) is 0 Å². The van der Waals surface area contributed by atoms with Crippen LogP contribution in [0.5, 0.6) is 0 Å². The van der Waals surface area contributed by atoms with Crippen molar-refractivity contribution < 1.29 is 0 Å². The van der Waals surface area contributed by atoms with Crippen molar-refractivity contribution in [3.8, 4) is 0 Å². The highest BCUT2D eigenvalue weighted by Gasteiger charge is 2.08. The van der Waals surface area contributed by atoms with E-state index in [1.165, 1.54) is 0 Å². The molecule has 3 nitrogen and oxygen atoms in total. The molecule has 1 heterocycles. The number of nitrogens with one attached hydrogen (secondary N) is 1. The van der Waals surface area contributed by atoms with Crippen LogP contribution in [-0.4, -0.2) is 9.97 Å². The first kappa shape index (κ1) is 11.9. The lowest BCUT2D eigenvalue weighted by Crippen LogP contribution is -2.01. The Labute approximate surface area is 106 Å². The molecule has 0 radical (unpaired) electrons. The van der Waals surface area contributed by atoms with Crippen molar-refractivity contribution in [3.63, 3.8) is 0 Å². The van der Waals surface area contributed by atoms with E-state index in [-0.39, 0.29) is 5.38 Å². The SMILES string of the molecule is Cc1nccnc1Nc1ccccc1C(C)Cl. The predicted molar refractivity (Wildman–Crippen MR) is 70.8 cm³/mol. The number of anilines is 2. The number of alkyl halides is 1. The summed E-state index contributed by atoms with van der Waals surface area (Å²) in [5, 5.41) is 3.22. The van der Waals surface area contributed by atoms with Crippen molar-refractivity contribution in [2.75, 3.05) is 5.32 Å². The van der Waals surface area contributed by atoms with Gasteiger partial charge in [-0.1, -0.05) is 18.2 Å². The van der Waals surface area contributed by atoms with Gasteiger partial charge in [0.15, 0.2) is 5.82 Å². The Bertz CT molecular complexity index is 512. The van der Waals surface area contributed by atoms with Crippen molar-refractivity contribution in [2.45, 2.75) is 19.2 Å². The maximum atomic E-state index is 6.14.